The Hall–Kier alpha value is -3.10. The monoisotopic (exact) mass is 634 g/mol. The molecule has 11 rings (SSSR count). The van der Waals surface area contributed by atoms with Crippen LogP contribution in [-0.4, -0.2) is 18.3 Å². The van der Waals surface area contributed by atoms with Crippen LogP contribution in [0.5, 0.6) is 5.75 Å². The number of benzene rings is 1. The maximum Gasteiger partial charge on any atom is 0.128 e. The van der Waals surface area contributed by atoms with Gasteiger partial charge in [-0.2, -0.15) is 0 Å². The first-order valence-electron chi connectivity index (χ1n) is 19.7. The van der Waals surface area contributed by atoms with Gasteiger partial charge in [-0.25, -0.2) is 0 Å². The minimum atomic E-state index is 0.161. The summed E-state index contributed by atoms with van der Waals surface area (Å²) in [7, 11) is 0. The smallest absolute Gasteiger partial charge is 0.128 e. The molecule has 15 atom stereocenters. The van der Waals surface area contributed by atoms with Crippen LogP contribution < -0.4 is 4.74 Å². The average Bonchev–Trinajstić information content (AvgIpc) is 3.72. The molecule has 2 saturated carbocycles. The van der Waals surface area contributed by atoms with E-state index in [2.05, 4.69) is 103 Å². The van der Waals surface area contributed by atoms with Crippen LogP contribution in [0.3, 0.4) is 0 Å². The summed E-state index contributed by atoms with van der Waals surface area (Å²) >= 11 is 0. The Bertz CT molecular complexity index is 1730. The maximum atomic E-state index is 6.96. The number of ether oxygens (including phenoxy) is 2. The normalized spacial score (nSPS) is 46.5. The van der Waals surface area contributed by atoms with Gasteiger partial charge in [-0.1, -0.05) is 97.2 Å². The van der Waals surface area contributed by atoms with E-state index in [1.165, 1.54) is 69.1 Å². The number of rotatable bonds is 2. The summed E-state index contributed by atoms with van der Waals surface area (Å²) in [6.07, 6.45) is 51.5. The topological polar surface area (TPSA) is 18.5 Å². The molecule has 2 heterocycles. The van der Waals surface area contributed by atoms with Crippen molar-refractivity contribution in [1.82, 2.24) is 0 Å². The third kappa shape index (κ3) is 4.14. The van der Waals surface area contributed by atoms with E-state index in [1.54, 1.807) is 16.7 Å². The molecule has 1 aromatic carbocycles. The van der Waals surface area contributed by atoms with Crippen LogP contribution >= 0.6 is 0 Å². The largest absolute Gasteiger partial charge is 0.485 e. The van der Waals surface area contributed by atoms with E-state index in [4.69, 9.17) is 9.47 Å². The van der Waals surface area contributed by atoms with Gasteiger partial charge in [0.25, 0.3) is 0 Å². The summed E-state index contributed by atoms with van der Waals surface area (Å²) in [5.74, 6) is 8.47. The lowest BCUT2D eigenvalue weighted by molar-refractivity contribution is -0.0635. The molecule has 48 heavy (non-hydrogen) atoms. The van der Waals surface area contributed by atoms with Gasteiger partial charge in [-0.3, -0.25) is 0 Å². The second-order valence-corrected chi connectivity index (χ2v) is 16.9. The Balaban J connectivity index is 1.03. The molecule has 0 spiro atoms. The average molecular weight is 635 g/mol. The van der Waals surface area contributed by atoms with Gasteiger partial charge in [0, 0.05) is 17.4 Å². The minimum absolute atomic E-state index is 0.161. The molecule has 0 N–H and O–H groups in total. The second kappa shape index (κ2) is 11.2. The summed E-state index contributed by atoms with van der Waals surface area (Å²) < 4.78 is 13.7. The third-order valence-electron chi connectivity index (χ3n) is 15.1. The van der Waals surface area contributed by atoms with E-state index < -0.39 is 0 Å². The van der Waals surface area contributed by atoms with Crippen molar-refractivity contribution in [2.24, 2.45) is 59.2 Å². The first kappa shape index (κ1) is 28.7. The second-order valence-electron chi connectivity index (χ2n) is 16.9. The molecule has 2 nitrogen and oxygen atoms in total. The van der Waals surface area contributed by atoms with E-state index in [1.807, 2.05) is 0 Å². The lowest BCUT2D eigenvalue weighted by Gasteiger charge is -2.58. The van der Waals surface area contributed by atoms with Crippen LogP contribution in [0, 0.1) is 59.2 Å². The quantitative estimate of drug-likeness (QED) is 0.302. The number of hydrogen-bond donors (Lipinski definition) is 0. The molecule has 1 aromatic rings. The van der Waals surface area contributed by atoms with E-state index in [0.717, 1.165) is 5.92 Å². The van der Waals surface area contributed by atoms with Crippen molar-refractivity contribution in [3.63, 3.8) is 0 Å². The fraction of sp³-hybridized carbons (Fsp3) is 0.522. The van der Waals surface area contributed by atoms with E-state index in [-0.39, 0.29) is 6.10 Å². The molecule has 0 radical (unpaired) electrons. The van der Waals surface area contributed by atoms with Gasteiger partial charge in [-0.05, 0) is 140 Å². The van der Waals surface area contributed by atoms with Crippen molar-refractivity contribution >= 4 is 0 Å². The molecular formula is C46H50O2. The highest BCUT2D eigenvalue weighted by Crippen LogP contribution is 2.64. The van der Waals surface area contributed by atoms with Crippen molar-refractivity contribution < 1.29 is 9.47 Å². The van der Waals surface area contributed by atoms with E-state index >= 15 is 0 Å². The Morgan fingerprint density at radius 1 is 0.542 bits per heavy atom. The summed E-state index contributed by atoms with van der Waals surface area (Å²) in [6, 6.07) is 2.68. The fourth-order valence-corrected chi connectivity index (χ4v) is 13.4. The molecule has 10 aliphatic rings. The Labute approximate surface area is 287 Å². The Kier molecular flexibility index (Phi) is 6.70. The van der Waals surface area contributed by atoms with Gasteiger partial charge >= 0.3 is 0 Å². The van der Waals surface area contributed by atoms with Crippen molar-refractivity contribution in [3.05, 3.63) is 126 Å². The Morgan fingerprint density at radius 2 is 1.27 bits per heavy atom. The molecule has 2 heteroatoms. The van der Waals surface area contributed by atoms with Crippen LogP contribution in [0.4, 0.5) is 0 Å². The van der Waals surface area contributed by atoms with Crippen molar-refractivity contribution in [1.29, 1.82) is 0 Å². The predicted octanol–water partition coefficient (Wildman–Crippen LogP) is 9.92. The molecular weight excluding hydrogens is 585 g/mol. The van der Waals surface area contributed by atoms with Crippen LogP contribution in [0.2, 0.25) is 0 Å². The standard InChI is InChI=1S/C46H50O2/c1-7-21-35-27(13-1)37(25-39-29-15-9-11-23-41(29)47-45(35)39)43-31-17-3-5-19-33(31)44(34-20-6-4-18-32(34)43)38-26-40-30-16-10-12-24-42(30)48-46(40)36-22-8-2-14-28(36)38/h1,3,5-7,10-13,16-17,19-21,23-24,26-27,29-35,37,39,41-45H,2,4,8-9,14-15,18,22,25H2. The lowest BCUT2D eigenvalue weighted by Crippen LogP contribution is -2.53. The summed E-state index contributed by atoms with van der Waals surface area (Å²) in [6.45, 7) is 0. The first-order valence-corrected chi connectivity index (χ1v) is 19.7. The maximum absolute atomic E-state index is 6.96. The van der Waals surface area contributed by atoms with Gasteiger partial charge in [0.1, 0.15) is 11.9 Å². The first-order chi connectivity index (χ1) is 23.8. The van der Waals surface area contributed by atoms with Crippen molar-refractivity contribution in [2.75, 3.05) is 0 Å². The van der Waals surface area contributed by atoms with Crippen LogP contribution in [0.25, 0.3) is 0 Å². The zero-order valence-electron chi connectivity index (χ0n) is 28.2. The van der Waals surface area contributed by atoms with Crippen LogP contribution in [-0.2, 0) is 17.6 Å². The van der Waals surface area contributed by atoms with Crippen molar-refractivity contribution in [3.8, 4) is 5.75 Å². The van der Waals surface area contributed by atoms with Gasteiger partial charge < -0.3 is 9.47 Å². The highest BCUT2D eigenvalue weighted by atomic mass is 16.5. The zero-order valence-corrected chi connectivity index (χ0v) is 28.2. The van der Waals surface area contributed by atoms with Gasteiger partial charge in [0.15, 0.2) is 0 Å². The highest BCUT2D eigenvalue weighted by Gasteiger charge is 2.59. The molecule has 0 amide bonds. The molecule has 3 fully saturated rings. The van der Waals surface area contributed by atoms with Crippen LogP contribution in [0.1, 0.15) is 79.0 Å². The summed E-state index contributed by atoms with van der Waals surface area (Å²) in [4.78, 5) is 0. The molecule has 1 saturated heterocycles. The number of fused-ring (bicyclic) bond motifs is 12. The van der Waals surface area contributed by atoms with Crippen molar-refractivity contribution in [2.45, 2.75) is 87.9 Å². The number of hydrogen-bond acceptors (Lipinski definition) is 2. The minimum Gasteiger partial charge on any atom is -0.485 e. The highest BCUT2D eigenvalue weighted by molar-refractivity contribution is 5.59. The molecule has 15 unspecified atom stereocenters. The van der Waals surface area contributed by atoms with E-state index in [9.17, 15) is 0 Å². The predicted molar refractivity (Wildman–Crippen MR) is 193 cm³/mol. The van der Waals surface area contributed by atoms with E-state index in [0.29, 0.717) is 77.3 Å². The molecule has 246 valence electrons. The lowest BCUT2D eigenvalue weighted by atomic mass is 9.46. The summed E-state index contributed by atoms with van der Waals surface area (Å²) in [5.41, 5.74) is 6.38. The van der Waals surface area contributed by atoms with Gasteiger partial charge in [0.05, 0.1) is 12.2 Å². The Morgan fingerprint density at radius 3 is 2.17 bits per heavy atom. The summed E-state index contributed by atoms with van der Waals surface area (Å²) in [5, 5.41) is 0. The van der Waals surface area contributed by atoms with Gasteiger partial charge in [0.2, 0.25) is 0 Å². The van der Waals surface area contributed by atoms with Crippen LogP contribution in [0.15, 0.2) is 103 Å². The molecule has 8 aliphatic carbocycles. The molecule has 2 aliphatic heterocycles. The third-order valence-corrected chi connectivity index (χ3v) is 15.1. The van der Waals surface area contributed by atoms with Gasteiger partial charge in [-0.15, -0.1) is 0 Å². The number of allylic oxidation sites excluding steroid dienone is 12. The molecule has 0 bridgehead atoms. The fourth-order valence-electron chi connectivity index (χ4n) is 13.4. The SMILES string of the molecule is C1=CC2Oc3c(cc(C4C5C=CC=CC5C(C5CC6C7CCC=CC7OC6C6C=CC=CC65)C5CCC=CC54)c4c3CCCC4)C2C=C1. The zero-order chi connectivity index (χ0) is 31.3. The molecule has 0 aromatic heterocycles.